The smallest absolute Gasteiger partial charge is 0.242 e. The molecule has 0 bridgehead atoms. The van der Waals surface area contributed by atoms with Crippen molar-refractivity contribution in [2.24, 2.45) is 5.73 Å². The lowest BCUT2D eigenvalue weighted by molar-refractivity contribution is 0.462. The van der Waals surface area contributed by atoms with Gasteiger partial charge < -0.3 is 11.1 Å². The first-order valence-corrected chi connectivity index (χ1v) is 7.87. The summed E-state index contributed by atoms with van der Waals surface area (Å²) >= 11 is 0. The highest BCUT2D eigenvalue weighted by atomic mass is 32.2. The number of anilines is 1. The minimum Gasteiger partial charge on any atom is -0.379 e. The Labute approximate surface area is 115 Å². The lowest BCUT2D eigenvalue weighted by atomic mass is 9.94. The lowest BCUT2D eigenvalue weighted by Gasteiger charge is -2.31. The summed E-state index contributed by atoms with van der Waals surface area (Å²) in [6.07, 6.45) is 1.63. The Morgan fingerprint density at radius 1 is 1.32 bits per heavy atom. The van der Waals surface area contributed by atoms with Gasteiger partial charge in [-0.05, 0) is 45.5 Å². The highest BCUT2D eigenvalue weighted by Gasteiger charge is 2.24. The van der Waals surface area contributed by atoms with Crippen molar-refractivity contribution in [3.8, 4) is 0 Å². The van der Waals surface area contributed by atoms with Crippen LogP contribution >= 0.6 is 0 Å². The molecule has 1 aromatic rings. The third-order valence-electron chi connectivity index (χ3n) is 3.36. The quantitative estimate of drug-likeness (QED) is 0.709. The lowest BCUT2D eigenvalue weighted by Crippen LogP contribution is -2.37. The van der Waals surface area contributed by atoms with E-state index >= 15 is 0 Å². The molecule has 0 aliphatic carbocycles. The van der Waals surface area contributed by atoms with Gasteiger partial charge in [0.1, 0.15) is 4.90 Å². The van der Waals surface area contributed by atoms with Gasteiger partial charge in [0.15, 0.2) is 0 Å². The van der Waals surface area contributed by atoms with Crippen LogP contribution in [0.15, 0.2) is 29.2 Å². The minimum atomic E-state index is -3.47. The number of hydrogen-bond donors (Lipinski definition) is 3. The average molecular weight is 285 g/mol. The SMILES string of the molecule is CCC(C)(CCN)Nc1ccccc1S(=O)(=O)NC. The molecule has 0 saturated carbocycles. The molecule has 0 saturated heterocycles. The van der Waals surface area contributed by atoms with Gasteiger partial charge in [-0.1, -0.05) is 19.1 Å². The summed E-state index contributed by atoms with van der Waals surface area (Å²) in [5.41, 5.74) is 6.02. The number of sulfonamides is 1. The predicted molar refractivity (Wildman–Crippen MR) is 78.7 cm³/mol. The molecule has 1 unspecified atom stereocenters. The molecule has 108 valence electrons. The molecule has 0 spiro atoms. The van der Waals surface area contributed by atoms with Crippen LogP contribution in [-0.4, -0.2) is 27.5 Å². The van der Waals surface area contributed by atoms with E-state index in [1.165, 1.54) is 7.05 Å². The second-order valence-corrected chi connectivity index (χ2v) is 6.64. The summed E-state index contributed by atoms with van der Waals surface area (Å²) in [6, 6.07) is 6.89. The van der Waals surface area contributed by atoms with E-state index in [1.807, 2.05) is 13.0 Å². The molecule has 1 aromatic carbocycles. The second-order valence-electron chi connectivity index (χ2n) is 4.78. The first kappa shape index (κ1) is 15.9. The molecule has 0 aromatic heterocycles. The Hall–Kier alpha value is -1.11. The molecule has 1 atom stereocenters. The van der Waals surface area contributed by atoms with Gasteiger partial charge in [-0.15, -0.1) is 0 Å². The molecule has 0 amide bonds. The van der Waals surface area contributed by atoms with Crippen molar-refractivity contribution >= 4 is 15.7 Å². The third-order valence-corrected chi connectivity index (χ3v) is 4.83. The largest absolute Gasteiger partial charge is 0.379 e. The zero-order valence-electron chi connectivity index (χ0n) is 11.7. The van der Waals surface area contributed by atoms with Crippen LogP contribution in [0.1, 0.15) is 26.7 Å². The van der Waals surface area contributed by atoms with Gasteiger partial charge in [0, 0.05) is 5.54 Å². The third kappa shape index (κ3) is 3.92. The van der Waals surface area contributed by atoms with Crippen molar-refractivity contribution in [1.29, 1.82) is 0 Å². The van der Waals surface area contributed by atoms with Crippen molar-refractivity contribution in [2.45, 2.75) is 37.1 Å². The summed E-state index contributed by atoms with van der Waals surface area (Å²) in [6.45, 7) is 4.65. The van der Waals surface area contributed by atoms with Gasteiger partial charge in [-0.25, -0.2) is 13.1 Å². The van der Waals surface area contributed by atoms with Crippen LogP contribution in [-0.2, 0) is 10.0 Å². The second kappa shape index (κ2) is 6.36. The van der Waals surface area contributed by atoms with Crippen molar-refractivity contribution < 1.29 is 8.42 Å². The Bertz CT molecular complexity index is 516. The maximum absolute atomic E-state index is 12.0. The van der Waals surface area contributed by atoms with Gasteiger partial charge in [-0.3, -0.25) is 0 Å². The molecular weight excluding hydrogens is 262 g/mol. The molecule has 0 fully saturated rings. The topological polar surface area (TPSA) is 84.2 Å². The number of benzene rings is 1. The van der Waals surface area contributed by atoms with E-state index in [1.54, 1.807) is 18.2 Å². The fourth-order valence-corrected chi connectivity index (χ4v) is 2.77. The van der Waals surface area contributed by atoms with Crippen LogP contribution in [0.2, 0.25) is 0 Å². The molecule has 0 aliphatic heterocycles. The number of rotatable bonds is 7. The fraction of sp³-hybridized carbons (Fsp3) is 0.538. The molecule has 4 N–H and O–H groups in total. The van der Waals surface area contributed by atoms with Crippen molar-refractivity contribution in [3.05, 3.63) is 24.3 Å². The van der Waals surface area contributed by atoms with E-state index < -0.39 is 10.0 Å². The zero-order valence-corrected chi connectivity index (χ0v) is 12.5. The Morgan fingerprint density at radius 3 is 2.47 bits per heavy atom. The highest BCUT2D eigenvalue weighted by Crippen LogP contribution is 2.27. The van der Waals surface area contributed by atoms with Crippen LogP contribution in [0.4, 0.5) is 5.69 Å². The standard InChI is InChI=1S/C13H23N3O2S/c1-4-13(2,9-10-14)16-11-7-5-6-8-12(11)19(17,18)15-3/h5-8,15-16H,4,9-10,14H2,1-3H3. The average Bonchev–Trinajstić information content (AvgIpc) is 2.39. The van der Waals surface area contributed by atoms with Crippen molar-refractivity contribution in [2.75, 3.05) is 18.9 Å². The molecule has 19 heavy (non-hydrogen) atoms. The molecule has 6 heteroatoms. The normalized spacial score (nSPS) is 14.9. The molecular formula is C13H23N3O2S. The van der Waals surface area contributed by atoms with Gasteiger partial charge in [0.2, 0.25) is 10.0 Å². The number of nitrogens with two attached hydrogens (primary N) is 1. The van der Waals surface area contributed by atoms with Crippen molar-refractivity contribution in [3.63, 3.8) is 0 Å². The van der Waals surface area contributed by atoms with Crippen LogP contribution in [0, 0.1) is 0 Å². The summed E-state index contributed by atoms with van der Waals surface area (Å²) in [7, 11) is -2.06. The molecule has 0 radical (unpaired) electrons. The molecule has 0 heterocycles. The maximum atomic E-state index is 12.0. The first-order valence-electron chi connectivity index (χ1n) is 6.39. The summed E-state index contributed by atoms with van der Waals surface area (Å²) in [5, 5.41) is 3.32. The van der Waals surface area contributed by atoms with Crippen LogP contribution < -0.4 is 15.8 Å². The van der Waals surface area contributed by atoms with E-state index in [9.17, 15) is 8.42 Å². The van der Waals surface area contributed by atoms with Gasteiger partial charge in [0.25, 0.3) is 0 Å². The summed E-state index contributed by atoms with van der Waals surface area (Å²) < 4.78 is 26.3. The number of para-hydroxylation sites is 1. The Morgan fingerprint density at radius 2 is 1.95 bits per heavy atom. The summed E-state index contributed by atoms with van der Waals surface area (Å²) in [5.74, 6) is 0. The number of nitrogens with one attached hydrogen (secondary N) is 2. The Kier molecular flexibility index (Phi) is 5.34. The molecule has 5 nitrogen and oxygen atoms in total. The number of hydrogen-bond acceptors (Lipinski definition) is 4. The predicted octanol–water partition coefficient (Wildman–Crippen LogP) is 1.52. The highest BCUT2D eigenvalue weighted by molar-refractivity contribution is 7.89. The van der Waals surface area contributed by atoms with Crippen LogP contribution in [0.5, 0.6) is 0 Å². The molecule has 1 rings (SSSR count). The zero-order chi connectivity index (χ0) is 14.5. The fourth-order valence-electron chi connectivity index (χ4n) is 1.89. The van der Waals surface area contributed by atoms with E-state index in [-0.39, 0.29) is 10.4 Å². The van der Waals surface area contributed by atoms with Gasteiger partial charge in [0.05, 0.1) is 5.69 Å². The maximum Gasteiger partial charge on any atom is 0.242 e. The van der Waals surface area contributed by atoms with Crippen molar-refractivity contribution in [1.82, 2.24) is 4.72 Å². The van der Waals surface area contributed by atoms with E-state index in [2.05, 4.69) is 17.0 Å². The van der Waals surface area contributed by atoms with Gasteiger partial charge in [-0.2, -0.15) is 0 Å². The van der Waals surface area contributed by atoms with E-state index in [0.29, 0.717) is 12.2 Å². The monoisotopic (exact) mass is 285 g/mol. The van der Waals surface area contributed by atoms with E-state index in [0.717, 1.165) is 12.8 Å². The summed E-state index contributed by atoms with van der Waals surface area (Å²) in [4.78, 5) is 0.259. The molecule has 0 aliphatic rings. The van der Waals surface area contributed by atoms with Crippen LogP contribution in [0.3, 0.4) is 0 Å². The van der Waals surface area contributed by atoms with Crippen LogP contribution in [0.25, 0.3) is 0 Å². The first-order chi connectivity index (χ1) is 8.88. The van der Waals surface area contributed by atoms with Gasteiger partial charge >= 0.3 is 0 Å². The minimum absolute atomic E-state index is 0.214. The Balaban J connectivity index is 3.15. The van der Waals surface area contributed by atoms with E-state index in [4.69, 9.17) is 5.73 Å².